The molecule has 0 heterocycles. The molecule has 0 aromatic heterocycles. The first-order valence-corrected chi connectivity index (χ1v) is 7.47. The summed E-state index contributed by atoms with van der Waals surface area (Å²) in [4.78, 5) is 6.22. The molecule has 2 rings (SSSR count). The topological polar surface area (TPSA) is 34.1 Å². The zero-order valence-electron chi connectivity index (χ0n) is 13.2. The van der Waals surface area contributed by atoms with Crippen molar-refractivity contribution in [1.29, 1.82) is 0 Å². The number of hydrogen-bond donors (Lipinski definition) is 0. The molecule has 6 heteroatoms. The highest BCUT2D eigenvalue weighted by molar-refractivity contribution is 6.33. The third-order valence-corrected chi connectivity index (χ3v) is 3.49. The number of ether oxygens (including phenoxy) is 2. The third-order valence-electron chi connectivity index (χ3n) is 3.18. The van der Waals surface area contributed by atoms with Crippen LogP contribution in [0.2, 0.25) is 5.02 Å². The molecule has 2 aromatic rings. The molecule has 0 saturated heterocycles. The number of aliphatic imine (C=N–C) groups is 1. The number of methoxy groups -OCH3 is 1. The number of nitrogens with zero attached hydrogens (tertiary/aromatic N) is 2. The second-order valence-electron chi connectivity index (χ2n) is 4.80. The molecular weight excluding hydrogens is 319 g/mol. The van der Waals surface area contributed by atoms with Gasteiger partial charge in [0.2, 0.25) is 0 Å². The molecule has 0 radical (unpaired) electrons. The Labute approximate surface area is 140 Å². The first-order valence-electron chi connectivity index (χ1n) is 7.09. The van der Waals surface area contributed by atoms with Crippen LogP contribution in [-0.2, 0) is 0 Å². The van der Waals surface area contributed by atoms with Crippen molar-refractivity contribution in [2.45, 2.75) is 6.92 Å². The van der Waals surface area contributed by atoms with Crippen molar-refractivity contribution in [3.8, 4) is 17.2 Å². The maximum absolute atomic E-state index is 13.7. The summed E-state index contributed by atoms with van der Waals surface area (Å²) >= 11 is 6.23. The number of halogens is 2. The lowest BCUT2D eigenvalue weighted by molar-refractivity contribution is 0.371. The van der Waals surface area contributed by atoms with Crippen molar-refractivity contribution < 1.29 is 13.9 Å². The Bertz CT molecular complexity index is 707. The van der Waals surface area contributed by atoms with Crippen molar-refractivity contribution in [2.24, 2.45) is 4.99 Å². The van der Waals surface area contributed by atoms with Crippen LogP contribution >= 0.6 is 11.6 Å². The number of benzene rings is 2. The normalized spacial score (nSPS) is 10.8. The van der Waals surface area contributed by atoms with E-state index < -0.39 is 5.82 Å². The molecule has 0 N–H and O–H groups in total. The monoisotopic (exact) mass is 336 g/mol. The van der Waals surface area contributed by atoms with Crippen molar-refractivity contribution in [3.63, 3.8) is 0 Å². The summed E-state index contributed by atoms with van der Waals surface area (Å²) in [7, 11) is 3.41. The van der Waals surface area contributed by atoms with Crippen LogP contribution in [0.5, 0.6) is 17.2 Å². The largest absolute Gasteiger partial charge is 0.493 e. The van der Waals surface area contributed by atoms with Gasteiger partial charge in [0.05, 0.1) is 24.2 Å². The minimum atomic E-state index is -0.461. The lowest BCUT2D eigenvalue weighted by Crippen LogP contribution is -2.14. The molecule has 0 aliphatic carbocycles. The Balaban J connectivity index is 2.33. The van der Waals surface area contributed by atoms with Gasteiger partial charge < -0.3 is 14.4 Å². The van der Waals surface area contributed by atoms with Crippen molar-refractivity contribution in [2.75, 3.05) is 20.7 Å². The van der Waals surface area contributed by atoms with Crippen molar-refractivity contribution >= 4 is 23.6 Å². The van der Waals surface area contributed by atoms with Gasteiger partial charge in [0, 0.05) is 25.7 Å². The maximum Gasteiger partial charge on any atom is 0.171 e. The van der Waals surface area contributed by atoms with Crippen LogP contribution in [-0.4, -0.2) is 31.9 Å². The van der Waals surface area contributed by atoms with Crippen molar-refractivity contribution in [1.82, 2.24) is 4.90 Å². The molecule has 0 bridgehead atoms. The number of hydrogen-bond acceptors (Lipinski definition) is 3. The molecule has 0 aliphatic rings. The van der Waals surface area contributed by atoms with Gasteiger partial charge >= 0.3 is 0 Å². The number of rotatable bonds is 6. The van der Waals surface area contributed by atoms with Gasteiger partial charge in [0.25, 0.3) is 0 Å². The highest BCUT2D eigenvalue weighted by atomic mass is 35.5. The van der Waals surface area contributed by atoms with E-state index in [0.717, 1.165) is 6.54 Å². The summed E-state index contributed by atoms with van der Waals surface area (Å²) in [6, 6.07) is 9.35. The predicted molar refractivity (Wildman–Crippen MR) is 90.9 cm³/mol. The highest BCUT2D eigenvalue weighted by Gasteiger charge is 2.13. The molecule has 0 atom stereocenters. The van der Waals surface area contributed by atoms with Gasteiger partial charge in [-0.15, -0.1) is 0 Å². The Hall–Kier alpha value is -2.27. The van der Waals surface area contributed by atoms with Gasteiger partial charge in [0.15, 0.2) is 23.1 Å². The SMILES string of the molecule is CCN(C)/C=N/c1cc(OC)c(Oc2ccccc2F)cc1Cl. The highest BCUT2D eigenvalue weighted by Crippen LogP contribution is 2.40. The second-order valence-corrected chi connectivity index (χ2v) is 5.21. The first-order chi connectivity index (χ1) is 11.0. The summed E-state index contributed by atoms with van der Waals surface area (Å²) in [5.74, 6) is 0.385. The standard InChI is InChI=1S/C17H18ClFN2O2/c1-4-21(2)11-20-14-10-16(22-3)17(9-12(14)18)23-15-8-6-5-7-13(15)19/h5-11H,4H2,1-3H3/b20-11+. The Morgan fingerprint density at radius 3 is 2.61 bits per heavy atom. The summed E-state index contributed by atoms with van der Waals surface area (Å²) in [5.41, 5.74) is 0.546. The molecule has 0 unspecified atom stereocenters. The molecular formula is C17H18ClFN2O2. The fourth-order valence-corrected chi connectivity index (χ4v) is 1.95. The zero-order valence-corrected chi connectivity index (χ0v) is 14.0. The lowest BCUT2D eigenvalue weighted by atomic mass is 10.2. The zero-order chi connectivity index (χ0) is 16.8. The Morgan fingerprint density at radius 2 is 1.96 bits per heavy atom. The van der Waals surface area contributed by atoms with Gasteiger partial charge in [0.1, 0.15) is 0 Å². The summed E-state index contributed by atoms with van der Waals surface area (Å²) < 4.78 is 24.6. The van der Waals surface area contributed by atoms with E-state index in [1.165, 1.54) is 19.2 Å². The molecule has 4 nitrogen and oxygen atoms in total. The molecule has 2 aromatic carbocycles. The maximum atomic E-state index is 13.7. The van der Waals surface area contributed by atoms with Crippen molar-refractivity contribution in [3.05, 3.63) is 47.2 Å². The van der Waals surface area contributed by atoms with Gasteiger partial charge in [-0.3, -0.25) is 0 Å². The second kappa shape index (κ2) is 7.83. The van der Waals surface area contributed by atoms with Crippen LogP contribution in [0.15, 0.2) is 41.4 Å². The molecule has 0 spiro atoms. The average Bonchev–Trinajstić information content (AvgIpc) is 2.55. The van der Waals surface area contributed by atoms with E-state index in [1.807, 2.05) is 18.9 Å². The smallest absolute Gasteiger partial charge is 0.171 e. The molecule has 0 amide bonds. The lowest BCUT2D eigenvalue weighted by Gasteiger charge is -2.13. The summed E-state index contributed by atoms with van der Waals surface area (Å²) in [5, 5.41) is 0.387. The van der Waals surface area contributed by atoms with E-state index in [-0.39, 0.29) is 5.75 Å². The average molecular weight is 337 g/mol. The van der Waals surface area contributed by atoms with Crippen LogP contribution in [0.4, 0.5) is 10.1 Å². The first kappa shape index (κ1) is 17.1. The fraction of sp³-hybridized carbons (Fsp3) is 0.235. The molecule has 23 heavy (non-hydrogen) atoms. The van der Waals surface area contributed by atoms with Crippen LogP contribution in [0.25, 0.3) is 0 Å². The van der Waals surface area contributed by atoms with E-state index in [0.29, 0.717) is 22.2 Å². The minimum absolute atomic E-state index is 0.101. The molecule has 0 fully saturated rings. The van der Waals surface area contributed by atoms with Crippen LogP contribution in [0.3, 0.4) is 0 Å². The third kappa shape index (κ3) is 4.36. The minimum Gasteiger partial charge on any atom is -0.493 e. The van der Waals surface area contributed by atoms with Gasteiger partial charge in [-0.1, -0.05) is 23.7 Å². The Morgan fingerprint density at radius 1 is 1.22 bits per heavy atom. The van der Waals surface area contributed by atoms with E-state index in [4.69, 9.17) is 21.1 Å². The molecule has 0 saturated carbocycles. The summed E-state index contributed by atoms with van der Waals surface area (Å²) in [6.45, 7) is 2.84. The molecule has 0 aliphatic heterocycles. The van der Waals surface area contributed by atoms with Gasteiger partial charge in [-0.25, -0.2) is 9.38 Å². The fourth-order valence-electron chi connectivity index (χ4n) is 1.75. The van der Waals surface area contributed by atoms with E-state index in [9.17, 15) is 4.39 Å². The summed E-state index contributed by atoms with van der Waals surface area (Å²) in [6.07, 6.45) is 1.68. The Kier molecular flexibility index (Phi) is 5.82. The van der Waals surface area contributed by atoms with Crippen LogP contribution in [0, 0.1) is 5.82 Å². The quantitative estimate of drug-likeness (QED) is 0.556. The van der Waals surface area contributed by atoms with E-state index >= 15 is 0 Å². The van der Waals surface area contributed by atoms with Crippen LogP contribution < -0.4 is 9.47 Å². The van der Waals surface area contributed by atoms with E-state index in [2.05, 4.69) is 4.99 Å². The van der Waals surface area contributed by atoms with Gasteiger partial charge in [-0.2, -0.15) is 0 Å². The van der Waals surface area contributed by atoms with Crippen LogP contribution in [0.1, 0.15) is 6.92 Å². The van der Waals surface area contributed by atoms with E-state index in [1.54, 1.807) is 30.6 Å². The molecule has 122 valence electrons. The number of para-hydroxylation sites is 1. The predicted octanol–water partition coefficient (Wildman–Crippen LogP) is 4.89. The van der Waals surface area contributed by atoms with Gasteiger partial charge in [-0.05, 0) is 19.1 Å².